The lowest BCUT2D eigenvalue weighted by molar-refractivity contribution is -0.148. The average Bonchev–Trinajstić information content (AvgIpc) is 2.79. The molecule has 2 rings (SSSR count). The van der Waals surface area contributed by atoms with Crippen LogP contribution in [0.25, 0.3) is 0 Å². The van der Waals surface area contributed by atoms with E-state index in [1.807, 2.05) is 0 Å². The van der Waals surface area contributed by atoms with Crippen LogP contribution in [-0.4, -0.2) is 46.1 Å². The minimum absolute atomic E-state index is 0.200. The van der Waals surface area contributed by atoms with E-state index in [1.165, 1.54) is 40.6 Å². The Kier molecular flexibility index (Phi) is 8.25. The zero-order valence-corrected chi connectivity index (χ0v) is 17.8. The molecule has 0 aromatic heterocycles. The summed E-state index contributed by atoms with van der Waals surface area (Å²) in [6.45, 7) is 0. The number of benzene rings is 2. The van der Waals surface area contributed by atoms with Crippen molar-refractivity contribution >= 4 is 17.7 Å². The summed E-state index contributed by atoms with van der Waals surface area (Å²) >= 11 is 0. The number of carbonyl (C=O) groups excluding carboxylic acids is 3. The molecule has 1 amide bonds. The SMILES string of the molecule is COc1cc(OC)cc(C(=O)C(OC(=O)CCC(N)=O)c2cc(OC)cc(OC)c2)c1. The number of carbonyl (C=O) groups is 3. The Balaban J connectivity index is 2.50. The highest BCUT2D eigenvalue weighted by atomic mass is 16.5. The van der Waals surface area contributed by atoms with Crippen LogP contribution in [0.5, 0.6) is 23.0 Å². The van der Waals surface area contributed by atoms with Crippen molar-refractivity contribution in [3.63, 3.8) is 0 Å². The number of methoxy groups -OCH3 is 4. The lowest BCUT2D eigenvalue weighted by Gasteiger charge is -2.19. The molecule has 0 spiro atoms. The third kappa shape index (κ3) is 6.36. The lowest BCUT2D eigenvalue weighted by Crippen LogP contribution is -2.22. The summed E-state index contributed by atoms with van der Waals surface area (Å²) in [5.41, 5.74) is 5.63. The largest absolute Gasteiger partial charge is 0.497 e. The van der Waals surface area contributed by atoms with Gasteiger partial charge in [-0.3, -0.25) is 14.4 Å². The van der Waals surface area contributed by atoms with Gasteiger partial charge in [0, 0.05) is 29.7 Å². The van der Waals surface area contributed by atoms with E-state index < -0.39 is 23.8 Å². The van der Waals surface area contributed by atoms with Crippen molar-refractivity contribution in [1.29, 1.82) is 0 Å². The molecule has 0 heterocycles. The van der Waals surface area contributed by atoms with Gasteiger partial charge in [-0.15, -0.1) is 0 Å². The Bertz CT molecular complexity index is 912. The first-order valence-corrected chi connectivity index (χ1v) is 9.29. The summed E-state index contributed by atoms with van der Waals surface area (Å²) in [6, 6.07) is 9.36. The van der Waals surface area contributed by atoms with Crippen LogP contribution < -0.4 is 24.7 Å². The number of esters is 1. The molecule has 1 atom stereocenters. The quantitative estimate of drug-likeness (QED) is 0.425. The van der Waals surface area contributed by atoms with Crippen molar-refractivity contribution < 1.29 is 38.1 Å². The lowest BCUT2D eigenvalue weighted by atomic mass is 9.98. The Morgan fingerprint density at radius 2 is 1.19 bits per heavy atom. The summed E-state index contributed by atoms with van der Waals surface area (Å²) in [4.78, 5) is 36.7. The van der Waals surface area contributed by atoms with Crippen LogP contribution in [0.4, 0.5) is 0 Å². The third-order valence-electron chi connectivity index (χ3n) is 4.38. The Morgan fingerprint density at radius 3 is 1.61 bits per heavy atom. The van der Waals surface area contributed by atoms with Crippen LogP contribution in [-0.2, 0) is 14.3 Å². The molecule has 9 nitrogen and oxygen atoms in total. The number of ether oxygens (including phenoxy) is 5. The molecule has 2 aromatic rings. The maximum atomic E-state index is 13.4. The van der Waals surface area contributed by atoms with E-state index >= 15 is 0 Å². The van der Waals surface area contributed by atoms with Crippen LogP contribution in [0.1, 0.15) is 34.9 Å². The fourth-order valence-electron chi connectivity index (χ4n) is 2.77. The summed E-state index contributed by atoms with van der Waals surface area (Å²) in [6.07, 6.45) is -1.79. The van der Waals surface area contributed by atoms with Gasteiger partial charge in [0.15, 0.2) is 6.10 Å². The highest BCUT2D eigenvalue weighted by Crippen LogP contribution is 2.32. The fourth-order valence-corrected chi connectivity index (χ4v) is 2.77. The standard InChI is InChI=1S/C22H25NO8/c1-27-15-7-13(8-16(11-15)28-2)21(26)22(31-20(25)6-5-19(23)24)14-9-17(29-3)12-18(10-14)30-4/h7-12,22H,5-6H2,1-4H3,(H2,23,24). The van der Waals surface area contributed by atoms with Gasteiger partial charge in [-0.2, -0.15) is 0 Å². The van der Waals surface area contributed by atoms with E-state index in [0.29, 0.717) is 28.6 Å². The van der Waals surface area contributed by atoms with Crippen molar-refractivity contribution in [2.45, 2.75) is 18.9 Å². The molecule has 0 saturated heterocycles. The van der Waals surface area contributed by atoms with Crippen molar-refractivity contribution in [2.24, 2.45) is 5.73 Å². The predicted molar refractivity (Wildman–Crippen MR) is 111 cm³/mol. The molecule has 2 N–H and O–H groups in total. The molecule has 0 aliphatic carbocycles. The van der Waals surface area contributed by atoms with Gasteiger partial charge in [0.2, 0.25) is 11.7 Å². The Labute approximate surface area is 180 Å². The van der Waals surface area contributed by atoms with Crippen molar-refractivity contribution in [1.82, 2.24) is 0 Å². The molecule has 0 fully saturated rings. The molecule has 0 aliphatic heterocycles. The van der Waals surface area contributed by atoms with E-state index in [4.69, 9.17) is 29.4 Å². The fraction of sp³-hybridized carbons (Fsp3) is 0.318. The second-order valence-electron chi connectivity index (χ2n) is 6.45. The number of rotatable bonds is 11. The Hall–Kier alpha value is -3.75. The number of hydrogen-bond acceptors (Lipinski definition) is 8. The average molecular weight is 431 g/mol. The van der Waals surface area contributed by atoms with E-state index in [-0.39, 0.29) is 18.4 Å². The zero-order chi connectivity index (χ0) is 23.0. The number of nitrogens with two attached hydrogens (primary N) is 1. The van der Waals surface area contributed by atoms with Gasteiger partial charge in [0.05, 0.1) is 34.9 Å². The topological polar surface area (TPSA) is 123 Å². The minimum Gasteiger partial charge on any atom is -0.497 e. The maximum Gasteiger partial charge on any atom is 0.307 e. The summed E-state index contributed by atoms with van der Waals surface area (Å²) in [5, 5.41) is 0. The van der Waals surface area contributed by atoms with Gasteiger partial charge >= 0.3 is 5.97 Å². The first kappa shape index (κ1) is 23.5. The predicted octanol–water partition coefficient (Wildman–Crippen LogP) is 2.45. The van der Waals surface area contributed by atoms with Gasteiger partial charge in [-0.25, -0.2) is 0 Å². The minimum atomic E-state index is -1.33. The van der Waals surface area contributed by atoms with Gasteiger partial charge in [0.25, 0.3) is 0 Å². The van der Waals surface area contributed by atoms with Gasteiger partial charge in [-0.05, 0) is 24.3 Å². The van der Waals surface area contributed by atoms with Crippen molar-refractivity contribution in [3.05, 3.63) is 47.5 Å². The molecule has 2 aromatic carbocycles. The number of primary amides is 1. The van der Waals surface area contributed by atoms with Gasteiger partial charge in [-0.1, -0.05) is 0 Å². The van der Waals surface area contributed by atoms with Crippen molar-refractivity contribution in [3.8, 4) is 23.0 Å². The zero-order valence-electron chi connectivity index (χ0n) is 17.8. The van der Waals surface area contributed by atoms with Crippen LogP contribution in [0.3, 0.4) is 0 Å². The van der Waals surface area contributed by atoms with Crippen molar-refractivity contribution in [2.75, 3.05) is 28.4 Å². The normalized spacial score (nSPS) is 11.2. The second-order valence-corrected chi connectivity index (χ2v) is 6.45. The third-order valence-corrected chi connectivity index (χ3v) is 4.38. The highest BCUT2D eigenvalue weighted by Gasteiger charge is 2.28. The maximum absolute atomic E-state index is 13.4. The smallest absolute Gasteiger partial charge is 0.307 e. The van der Waals surface area contributed by atoms with Crippen LogP contribution in [0.2, 0.25) is 0 Å². The molecular formula is C22H25NO8. The molecule has 0 aliphatic rings. The molecular weight excluding hydrogens is 406 g/mol. The van der Waals surface area contributed by atoms with E-state index in [9.17, 15) is 14.4 Å². The van der Waals surface area contributed by atoms with E-state index in [0.717, 1.165) is 0 Å². The van der Waals surface area contributed by atoms with Crippen LogP contribution >= 0.6 is 0 Å². The molecule has 166 valence electrons. The number of amides is 1. The number of ketones is 1. The first-order valence-electron chi connectivity index (χ1n) is 9.29. The summed E-state index contributed by atoms with van der Waals surface area (Å²) < 4.78 is 26.4. The van der Waals surface area contributed by atoms with Crippen LogP contribution in [0.15, 0.2) is 36.4 Å². The van der Waals surface area contributed by atoms with Gasteiger partial charge in [0.1, 0.15) is 23.0 Å². The molecule has 1 unspecified atom stereocenters. The van der Waals surface area contributed by atoms with E-state index in [1.54, 1.807) is 24.3 Å². The molecule has 31 heavy (non-hydrogen) atoms. The molecule has 0 radical (unpaired) electrons. The van der Waals surface area contributed by atoms with Gasteiger partial charge < -0.3 is 29.4 Å². The number of hydrogen-bond donors (Lipinski definition) is 1. The summed E-state index contributed by atoms with van der Waals surface area (Å²) in [5.74, 6) is -0.337. The summed E-state index contributed by atoms with van der Waals surface area (Å²) in [7, 11) is 5.83. The molecule has 0 bridgehead atoms. The monoisotopic (exact) mass is 431 g/mol. The highest BCUT2D eigenvalue weighted by molar-refractivity contribution is 6.01. The second kappa shape index (κ2) is 10.9. The number of Topliss-reactive ketones (excluding diaryl/α,β-unsaturated/α-hetero) is 1. The Morgan fingerprint density at radius 1 is 0.742 bits per heavy atom. The first-order chi connectivity index (χ1) is 14.8. The molecule has 9 heteroatoms. The van der Waals surface area contributed by atoms with Crippen LogP contribution in [0, 0.1) is 0 Å². The van der Waals surface area contributed by atoms with E-state index in [2.05, 4.69) is 0 Å². The molecule has 0 saturated carbocycles.